The van der Waals surface area contributed by atoms with Gasteiger partial charge in [-0.1, -0.05) is 11.3 Å². The number of hydrogen-bond donors (Lipinski definition) is 2. The SMILES string of the molecule is CC(O)CCN(C)Cc1nnc(N)s1. The molecule has 0 bridgehead atoms. The molecule has 1 aromatic rings. The van der Waals surface area contributed by atoms with Gasteiger partial charge in [0.2, 0.25) is 5.13 Å². The smallest absolute Gasteiger partial charge is 0.203 e. The lowest BCUT2D eigenvalue weighted by Crippen LogP contribution is -2.21. The number of nitrogen functional groups attached to an aromatic ring is 1. The van der Waals surface area contributed by atoms with E-state index >= 15 is 0 Å². The lowest BCUT2D eigenvalue weighted by Gasteiger charge is -2.15. The maximum Gasteiger partial charge on any atom is 0.203 e. The van der Waals surface area contributed by atoms with Crippen molar-refractivity contribution in [3.8, 4) is 0 Å². The Kier molecular flexibility index (Phi) is 4.24. The highest BCUT2D eigenvalue weighted by Crippen LogP contribution is 2.12. The second-order valence-corrected chi connectivity index (χ2v) is 4.50. The van der Waals surface area contributed by atoms with E-state index in [9.17, 15) is 0 Å². The average Bonchev–Trinajstić information content (AvgIpc) is 2.48. The minimum absolute atomic E-state index is 0.253. The second-order valence-electron chi connectivity index (χ2n) is 3.41. The minimum Gasteiger partial charge on any atom is -0.393 e. The molecule has 6 heteroatoms. The highest BCUT2D eigenvalue weighted by atomic mass is 32.1. The molecule has 0 radical (unpaired) electrons. The van der Waals surface area contributed by atoms with Crippen molar-refractivity contribution < 1.29 is 5.11 Å². The maximum atomic E-state index is 9.10. The molecule has 0 aromatic carbocycles. The third-order valence-corrected chi connectivity index (χ3v) is 2.55. The van der Waals surface area contributed by atoms with Gasteiger partial charge in [-0.25, -0.2) is 0 Å². The number of hydrogen-bond acceptors (Lipinski definition) is 6. The molecule has 0 saturated heterocycles. The van der Waals surface area contributed by atoms with Crippen LogP contribution in [0.2, 0.25) is 0 Å². The van der Waals surface area contributed by atoms with Gasteiger partial charge in [-0.3, -0.25) is 4.90 Å². The third kappa shape index (κ3) is 3.99. The van der Waals surface area contributed by atoms with Crippen LogP contribution >= 0.6 is 11.3 Å². The largest absolute Gasteiger partial charge is 0.393 e. The quantitative estimate of drug-likeness (QED) is 0.741. The van der Waals surface area contributed by atoms with Crippen molar-refractivity contribution in [3.05, 3.63) is 5.01 Å². The normalized spacial score (nSPS) is 13.4. The zero-order chi connectivity index (χ0) is 10.6. The van der Waals surface area contributed by atoms with Crippen molar-refractivity contribution in [2.75, 3.05) is 19.3 Å². The predicted octanol–water partition coefficient (Wildman–Crippen LogP) is 0.323. The summed E-state index contributed by atoms with van der Waals surface area (Å²) in [6, 6.07) is 0. The number of aliphatic hydroxyl groups is 1. The van der Waals surface area contributed by atoms with Crippen molar-refractivity contribution in [3.63, 3.8) is 0 Å². The molecule has 1 rings (SSSR count). The molecule has 0 fully saturated rings. The van der Waals surface area contributed by atoms with Crippen LogP contribution in [0.1, 0.15) is 18.4 Å². The molecular weight excluding hydrogens is 200 g/mol. The fraction of sp³-hybridized carbons (Fsp3) is 0.750. The first-order valence-corrected chi connectivity index (χ1v) is 5.34. The van der Waals surface area contributed by atoms with E-state index in [-0.39, 0.29) is 6.10 Å². The summed E-state index contributed by atoms with van der Waals surface area (Å²) in [5, 5.41) is 18.2. The molecule has 0 spiro atoms. The Balaban J connectivity index is 2.30. The number of rotatable bonds is 5. The fourth-order valence-electron chi connectivity index (χ4n) is 1.05. The van der Waals surface area contributed by atoms with Crippen LogP contribution in [-0.4, -0.2) is 39.9 Å². The number of nitrogens with two attached hydrogens (primary N) is 1. The molecule has 1 unspecified atom stereocenters. The maximum absolute atomic E-state index is 9.10. The zero-order valence-electron chi connectivity index (χ0n) is 8.47. The first-order chi connectivity index (χ1) is 6.58. The Morgan fingerprint density at radius 3 is 2.79 bits per heavy atom. The number of nitrogens with zero attached hydrogens (tertiary/aromatic N) is 3. The number of aliphatic hydroxyl groups excluding tert-OH is 1. The molecule has 0 saturated carbocycles. The minimum atomic E-state index is -0.253. The molecular formula is C8H16N4OS. The summed E-state index contributed by atoms with van der Waals surface area (Å²) in [6.07, 6.45) is 0.516. The van der Waals surface area contributed by atoms with Gasteiger partial charge in [0, 0.05) is 6.54 Å². The summed E-state index contributed by atoms with van der Waals surface area (Å²) in [7, 11) is 1.99. The van der Waals surface area contributed by atoms with Crippen LogP contribution in [0.5, 0.6) is 0 Å². The van der Waals surface area contributed by atoms with E-state index in [4.69, 9.17) is 10.8 Å². The van der Waals surface area contributed by atoms with Gasteiger partial charge in [-0.15, -0.1) is 10.2 Å². The van der Waals surface area contributed by atoms with E-state index in [2.05, 4.69) is 15.1 Å². The van der Waals surface area contributed by atoms with E-state index in [1.807, 2.05) is 7.05 Å². The highest BCUT2D eigenvalue weighted by Gasteiger charge is 2.06. The Hall–Kier alpha value is -0.720. The van der Waals surface area contributed by atoms with E-state index in [0.717, 1.165) is 24.5 Å². The Bertz CT molecular complexity index is 276. The summed E-state index contributed by atoms with van der Waals surface area (Å²) in [5.74, 6) is 0. The number of aromatic nitrogens is 2. The van der Waals surface area contributed by atoms with E-state index < -0.39 is 0 Å². The molecule has 1 aromatic heterocycles. The molecule has 3 N–H and O–H groups in total. The average molecular weight is 216 g/mol. The van der Waals surface area contributed by atoms with Gasteiger partial charge >= 0.3 is 0 Å². The first kappa shape index (κ1) is 11.4. The van der Waals surface area contributed by atoms with Crippen LogP contribution in [0.15, 0.2) is 0 Å². The van der Waals surface area contributed by atoms with Crippen LogP contribution in [0, 0.1) is 0 Å². The summed E-state index contributed by atoms with van der Waals surface area (Å²) < 4.78 is 0. The van der Waals surface area contributed by atoms with E-state index in [0.29, 0.717) is 5.13 Å². The van der Waals surface area contributed by atoms with Gasteiger partial charge in [-0.05, 0) is 20.4 Å². The van der Waals surface area contributed by atoms with E-state index in [1.54, 1.807) is 6.92 Å². The Morgan fingerprint density at radius 2 is 2.29 bits per heavy atom. The van der Waals surface area contributed by atoms with Gasteiger partial charge < -0.3 is 10.8 Å². The first-order valence-electron chi connectivity index (χ1n) is 4.52. The van der Waals surface area contributed by atoms with Gasteiger partial charge in [-0.2, -0.15) is 0 Å². The second kappa shape index (κ2) is 5.23. The summed E-state index contributed by atoms with van der Waals surface area (Å²) in [6.45, 7) is 3.37. The predicted molar refractivity (Wildman–Crippen MR) is 57.0 cm³/mol. The molecule has 0 aliphatic heterocycles. The van der Waals surface area contributed by atoms with Crippen LogP contribution in [0.25, 0.3) is 0 Å². The summed E-state index contributed by atoms with van der Waals surface area (Å²) >= 11 is 1.40. The van der Waals surface area contributed by atoms with Crippen LogP contribution < -0.4 is 5.73 Å². The highest BCUT2D eigenvalue weighted by molar-refractivity contribution is 7.15. The molecule has 0 amide bonds. The monoisotopic (exact) mass is 216 g/mol. The van der Waals surface area contributed by atoms with Gasteiger partial charge in [0.1, 0.15) is 5.01 Å². The standard InChI is InChI=1S/C8H16N4OS/c1-6(13)3-4-12(2)5-7-10-11-8(9)14-7/h6,13H,3-5H2,1-2H3,(H2,9,11). The molecule has 80 valence electrons. The lowest BCUT2D eigenvalue weighted by atomic mass is 10.3. The molecule has 0 aliphatic rings. The lowest BCUT2D eigenvalue weighted by molar-refractivity contribution is 0.163. The summed E-state index contributed by atoms with van der Waals surface area (Å²) in [4.78, 5) is 2.09. The molecule has 0 aliphatic carbocycles. The van der Waals surface area contributed by atoms with Crippen molar-refractivity contribution in [2.24, 2.45) is 0 Å². The van der Waals surface area contributed by atoms with Crippen molar-refractivity contribution in [1.82, 2.24) is 15.1 Å². The van der Waals surface area contributed by atoms with Gasteiger partial charge in [0.05, 0.1) is 12.6 Å². The van der Waals surface area contributed by atoms with Gasteiger partial charge in [0.15, 0.2) is 0 Å². The van der Waals surface area contributed by atoms with Crippen molar-refractivity contribution in [1.29, 1.82) is 0 Å². The zero-order valence-corrected chi connectivity index (χ0v) is 9.29. The Labute approximate surface area is 87.6 Å². The van der Waals surface area contributed by atoms with Crippen LogP contribution in [0.4, 0.5) is 5.13 Å². The van der Waals surface area contributed by atoms with Gasteiger partial charge in [0.25, 0.3) is 0 Å². The van der Waals surface area contributed by atoms with Crippen LogP contribution in [-0.2, 0) is 6.54 Å². The molecule has 5 nitrogen and oxygen atoms in total. The summed E-state index contributed by atoms with van der Waals surface area (Å²) in [5.41, 5.74) is 5.46. The molecule has 1 heterocycles. The topological polar surface area (TPSA) is 75.3 Å². The fourth-order valence-corrected chi connectivity index (χ4v) is 1.74. The Morgan fingerprint density at radius 1 is 1.57 bits per heavy atom. The number of anilines is 1. The molecule has 1 atom stereocenters. The molecule has 14 heavy (non-hydrogen) atoms. The van der Waals surface area contributed by atoms with Crippen molar-refractivity contribution in [2.45, 2.75) is 26.0 Å². The van der Waals surface area contributed by atoms with Crippen molar-refractivity contribution >= 4 is 16.5 Å². The third-order valence-electron chi connectivity index (χ3n) is 1.82. The van der Waals surface area contributed by atoms with E-state index in [1.165, 1.54) is 11.3 Å². The van der Waals surface area contributed by atoms with Crippen LogP contribution in [0.3, 0.4) is 0 Å².